The Labute approximate surface area is 131 Å². The summed E-state index contributed by atoms with van der Waals surface area (Å²) >= 11 is 3.50. The second-order valence-electron chi connectivity index (χ2n) is 5.06. The van der Waals surface area contributed by atoms with E-state index in [1.54, 1.807) is 6.92 Å². The number of carbonyl (C=O) groups excluding carboxylic acids is 1. The third-order valence-corrected chi connectivity index (χ3v) is 4.01. The average Bonchev–Trinajstić information content (AvgIpc) is 2.41. The van der Waals surface area contributed by atoms with Crippen LogP contribution < -0.4 is 10.9 Å². The minimum absolute atomic E-state index is 0.0115. The minimum atomic E-state index is -0.203. The first-order valence-corrected chi connectivity index (χ1v) is 7.50. The van der Waals surface area contributed by atoms with Gasteiger partial charge in [0.15, 0.2) is 0 Å². The fraction of sp³-hybridized carbons (Fsp3) is 0.250. The molecule has 1 aromatic heterocycles. The van der Waals surface area contributed by atoms with E-state index in [-0.39, 0.29) is 17.5 Å². The molecule has 1 atom stereocenters. The van der Waals surface area contributed by atoms with Gasteiger partial charge in [-0.15, -0.1) is 0 Å². The molecule has 21 heavy (non-hydrogen) atoms. The average molecular weight is 349 g/mol. The SMILES string of the molecule is Cc1cc(=O)[nH]cc1C(=O)NC(C)Cc1ccccc1Br. The number of pyridine rings is 1. The quantitative estimate of drug-likeness (QED) is 0.892. The van der Waals surface area contributed by atoms with Crippen molar-refractivity contribution in [1.82, 2.24) is 10.3 Å². The van der Waals surface area contributed by atoms with Crippen molar-refractivity contribution in [3.8, 4) is 0 Å². The number of aryl methyl sites for hydroxylation is 1. The van der Waals surface area contributed by atoms with Gasteiger partial charge in [0.25, 0.3) is 5.91 Å². The fourth-order valence-electron chi connectivity index (χ4n) is 2.16. The molecule has 2 rings (SSSR count). The second-order valence-corrected chi connectivity index (χ2v) is 5.92. The molecule has 1 aromatic carbocycles. The van der Waals surface area contributed by atoms with Gasteiger partial charge < -0.3 is 10.3 Å². The Morgan fingerprint density at radius 1 is 1.38 bits per heavy atom. The molecule has 1 amide bonds. The molecular weight excluding hydrogens is 332 g/mol. The molecule has 0 aliphatic carbocycles. The maximum atomic E-state index is 12.2. The Bertz CT molecular complexity index is 709. The Balaban J connectivity index is 2.05. The molecule has 5 heteroatoms. The second kappa shape index (κ2) is 6.72. The number of amides is 1. The van der Waals surface area contributed by atoms with Crippen LogP contribution in [0.1, 0.15) is 28.4 Å². The number of aromatic amines is 1. The third-order valence-electron chi connectivity index (χ3n) is 3.24. The standard InChI is InChI=1S/C16H17BrN2O2/c1-10-7-15(20)18-9-13(10)16(21)19-11(2)8-12-5-3-4-6-14(12)17/h3-7,9,11H,8H2,1-2H3,(H,18,20)(H,19,21). The van der Waals surface area contributed by atoms with E-state index in [1.165, 1.54) is 12.3 Å². The Morgan fingerprint density at radius 2 is 2.10 bits per heavy atom. The molecule has 0 bridgehead atoms. The first-order chi connectivity index (χ1) is 9.97. The Kier molecular flexibility index (Phi) is 4.96. The highest BCUT2D eigenvalue weighted by atomic mass is 79.9. The lowest BCUT2D eigenvalue weighted by molar-refractivity contribution is 0.0939. The lowest BCUT2D eigenvalue weighted by Gasteiger charge is -2.15. The van der Waals surface area contributed by atoms with Crippen LogP contribution in [-0.4, -0.2) is 16.9 Å². The number of carbonyl (C=O) groups is 1. The molecule has 2 aromatic rings. The number of aromatic nitrogens is 1. The van der Waals surface area contributed by atoms with E-state index in [0.717, 1.165) is 16.5 Å². The summed E-state index contributed by atoms with van der Waals surface area (Å²) in [6.45, 7) is 3.71. The van der Waals surface area contributed by atoms with E-state index in [4.69, 9.17) is 0 Å². The summed E-state index contributed by atoms with van der Waals surface area (Å²) < 4.78 is 1.03. The summed E-state index contributed by atoms with van der Waals surface area (Å²) in [4.78, 5) is 25.9. The van der Waals surface area contributed by atoms with Crippen LogP contribution in [-0.2, 0) is 6.42 Å². The van der Waals surface area contributed by atoms with Gasteiger partial charge in [-0.3, -0.25) is 9.59 Å². The molecule has 0 saturated heterocycles. The summed E-state index contributed by atoms with van der Waals surface area (Å²) in [6.07, 6.45) is 2.19. The van der Waals surface area contributed by atoms with Crippen LogP contribution in [0.15, 0.2) is 45.8 Å². The van der Waals surface area contributed by atoms with Crippen LogP contribution in [0.5, 0.6) is 0 Å². The van der Waals surface area contributed by atoms with Gasteiger partial charge in [0.1, 0.15) is 0 Å². The zero-order valence-corrected chi connectivity index (χ0v) is 13.5. The number of rotatable bonds is 4. The molecule has 0 fully saturated rings. The van der Waals surface area contributed by atoms with Crippen molar-refractivity contribution >= 4 is 21.8 Å². The Hall–Kier alpha value is -1.88. The number of halogens is 1. The number of hydrogen-bond acceptors (Lipinski definition) is 2. The summed E-state index contributed by atoms with van der Waals surface area (Å²) in [5, 5.41) is 2.95. The Morgan fingerprint density at radius 3 is 2.76 bits per heavy atom. The van der Waals surface area contributed by atoms with E-state index in [9.17, 15) is 9.59 Å². The van der Waals surface area contributed by atoms with Gasteiger partial charge in [-0.1, -0.05) is 34.1 Å². The lowest BCUT2D eigenvalue weighted by atomic mass is 10.1. The smallest absolute Gasteiger partial charge is 0.253 e. The summed E-state index contributed by atoms with van der Waals surface area (Å²) in [7, 11) is 0. The van der Waals surface area contributed by atoms with Gasteiger partial charge in [0, 0.05) is 22.8 Å². The van der Waals surface area contributed by atoms with E-state index < -0.39 is 0 Å². The van der Waals surface area contributed by atoms with Crippen molar-refractivity contribution in [2.75, 3.05) is 0 Å². The fourth-order valence-corrected chi connectivity index (χ4v) is 2.61. The van der Waals surface area contributed by atoms with Crippen LogP contribution in [0.4, 0.5) is 0 Å². The van der Waals surface area contributed by atoms with Gasteiger partial charge in [0.05, 0.1) is 5.56 Å². The zero-order valence-electron chi connectivity index (χ0n) is 11.9. The highest BCUT2D eigenvalue weighted by molar-refractivity contribution is 9.10. The van der Waals surface area contributed by atoms with Crippen LogP contribution in [0.3, 0.4) is 0 Å². The summed E-state index contributed by atoms with van der Waals surface area (Å²) in [6, 6.07) is 9.35. The highest BCUT2D eigenvalue weighted by Crippen LogP contribution is 2.17. The summed E-state index contributed by atoms with van der Waals surface area (Å²) in [5.74, 6) is -0.177. The molecule has 0 saturated carbocycles. The normalized spacial score (nSPS) is 12.0. The highest BCUT2D eigenvalue weighted by Gasteiger charge is 2.13. The third kappa shape index (κ3) is 4.04. The largest absolute Gasteiger partial charge is 0.349 e. The molecule has 0 aliphatic rings. The van der Waals surface area contributed by atoms with Crippen LogP contribution >= 0.6 is 15.9 Å². The van der Waals surface area contributed by atoms with Crippen LogP contribution in [0, 0.1) is 6.92 Å². The number of H-pyrrole nitrogens is 1. The van der Waals surface area contributed by atoms with Gasteiger partial charge in [-0.25, -0.2) is 0 Å². The summed E-state index contributed by atoms with van der Waals surface area (Å²) in [5.41, 5.74) is 2.10. The molecule has 1 unspecified atom stereocenters. The van der Waals surface area contributed by atoms with Crippen molar-refractivity contribution in [2.24, 2.45) is 0 Å². The molecule has 1 heterocycles. The van der Waals surface area contributed by atoms with Gasteiger partial charge in [-0.2, -0.15) is 0 Å². The van der Waals surface area contributed by atoms with E-state index in [1.807, 2.05) is 31.2 Å². The lowest BCUT2D eigenvalue weighted by Crippen LogP contribution is -2.35. The van der Waals surface area contributed by atoms with Crippen molar-refractivity contribution in [3.63, 3.8) is 0 Å². The van der Waals surface area contributed by atoms with Crippen molar-refractivity contribution in [1.29, 1.82) is 0 Å². The molecule has 4 nitrogen and oxygen atoms in total. The van der Waals surface area contributed by atoms with Gasteiger partial charge in [0.2, 0.25) is 5.56 Å². The molecule has 2 N–H and O–H groups in total. The van der Waals surface area contributed by atoms with Gasteiger partial charge >= 0.3 is 0 Å². The number of benzene rings is 1. The maximum absolute atomic E-state index is 12.2. The number of nitrogens with one attached hydrogen (secondary N) is 2. The van der Waals surface area contributed by atoms with Crippen LogP contribution in [0.25, 0.3) is 0 Å². The van der Waals surface area contributed by atoms with E-state index >= 15 is 0 Å². The topological polar surface area (TPSA) is 62.0 Å². The first-order valence-electron chi connectivity index (χ1n) is 6.71. The van der Waals surface area contributed by atoms with Crippen LogP contribution in [0.2, 0.25) is 0 Å². The molecule has 0 aliphatic heterocycles. The van der Waals surface area contributed by atoms with Gasteiger partial charge in [-0.05, 0) is 37.5 Å². The number of hydrogen-bond donors (Lipinski definition) is 2. The first kappa shape index (κ1) is 15.5. The molecular formula is C16H17BrN2O2. The minimum Gasteiger partial charge on any atom is -0.349 e. The van der Waals surface area contributed by atoms with E-state index in [2.05, 4.69) is 26.2 Å². The molecule has 110 valence electrons. The van der Waals surface area contributed by atoms with E-state index in [0.29, 0.717) is 11.1 Å². The van der Waals surface area contributed by atoms with Crippen molar-refractivity contribution < 1.29 is 4.79 Å². The van der Waals surface area contributed by atoms with Crippen molar-refractivity contribution in [2.45, 2.75) is 26.3 Å². The van der Waals surface area contributed by atoms with Crippen molar-refractivity contribution in [3.05, 3.63) is 68.0 Å². The predicted molar refractivity (Wildman–Crippen MR) is 86.6 cm³/mol. The molecule has 0 radical (unpaired) electrons. The maximum Gasteiger partial charge on any atom is 0.253 e. The zero-order chi connectivity index (χ0) is 15.4. The monoisotopic (exact) mass is 348 g/mol. The predicted octanol–water partition coefficient (Wildman–Crippen LogP) is 2.81. The molecule has 0 spiro atoms.